The third-order valence-corrected chi connectivity index (χ3v) is 3.50. The van der Waals surface area contributed by atoms with Crippen LogP contribution in [0.1, 0.15) is 10.4 Å². The number of nitrogens with one attached hydrogen (secondary N) is 1. The number of esters is 1. The van der Waals surface area contributed by atoms with E-state index in [2.05, 4.69) is 5.32 Å². The molecule has 0 bridgehead atoms. The summed E-state index contributed by atoms with van der Waals surface area (Å²) in [5, 5.41) is 12.8. The molecule has 1 N–H and O–H groups in total. The molecule has 2 rings (SSSR count). The van der Waals surface area contributed by atoms with E-state index in [4.69, 9.17) is 4.74 Å². The third kappa shape index (κ3) is 4.72. The van der Waals surface area contributed by atoms with Crippen molar-refractivity contribution in [2.45, 2.75) is 0 Å². The van der Waals surface area contributed by atoms with Gasteiger partial charge in [0.25, 0.3) is 11.6 Å². The summed E-state index contributed by atoms with van der Waals surface area (Å²) in [5.74, 6) is -2.35. The lowest BCUT2D eigenvalue weighted by molar-refractivity contribution is -0.384. The highest BCUT2D eigenvalue weighted by molar-refractivity contribution is 14.1. The van der Waals surface area contributed by atoms with E-state index in [0.717, 1.165) is 21.8 Å². The number of rotatable bonds is 5. The molecule has 0 unspecified atom stereocenters. The molecule has 0 aliphatic carbocycles. The van der Waals surface area contributed by atoms with E-state index >= 15 is 0 Å². The first-order chi connectivity index (χ1) is 11.4. The number of nitro groups is 1. The second-order valence-corrected chi connectivity index (χ2v) is 5.80. The van der Waals surface area contributed by atoms with Gasteiger partial charge in [0.2, 0.25) is 0 Å². The molecule has 0 heterocycles. The van der Waals surface area contributed by atoms with Gasteiger partial charge in [0.15, 0.2) is 6.61 Å². The van der Waals surface area contributed by atoms with Gasteiger partial charge in [-0.1, -0.05) is 6.07 Å². The Balaban J connectivity index is 1.97. The Bertz CT molecular complexity index is 812. The van der Waals surface area contributed by atoms with Crippen molar-refractivity contribution < 1.29 is 23.6 Å². The molecule has 0 spiro atoms. The van der Waals surface area contributed by atoms with Gasteiger partial charge < -0.3 is 10.1 Å². The zero-order chi connectivity index (χ0) is 17.7. The van der Waals surface area contributed by atoms with Crippen LogP contribution < -0.4 is 5.32 Å². The Hall–Kier alpha value is -2.56. The van der Waals surface area contributed by atoms with Crippen molar-refractivity contribution in [3.8, 4) is 0 Å². The van der Waals surface area contributed by atoms with Gasteiger partial charge in [-0.05, 0) is 46.9 Å². The average molecular weight is 444 g/mol. The van der Waals surface area contributed by atoms with Crippen molar-refractivity contribution in [1.29, 1.82) is 0 Å². The molecule has 0 aromatic heterocycles. The molecule has 7 nitrogen and oxygen atoms in total. The molecule has 0 saturated carbocycles. The van der Waals surface area contributed by atoms with E-state index in [0.29, 0.717) is 0 Å². The summed E-state index contributed by atoms with van der Waals surface area (Å²) in [6.45, 7) is -0.646. The Labute approximate surface area is 149 Å². The van der Waals surface area contributed by atoms with Gasteiger partial charge in [0.05, 0.1) is 16.2 Å². The molecule has 9 heteroatoms. The van der Waals surface area contributed by atoms with Crippen molar-refractivity contribution in [2.24, 2.45) is 0 Å². The van der Waals surface area contributed by atoms with Crippen LogP contribution in [-0.4, -0.2) is 23.4 Å². The number of carbonyl (C=O) groups is 2. The van der Waals surface area contributed by atoms with E-state index in [1.54, 1.807) is 18.2 Å². The molecule has 2 aromatic carbocycles. The SMILES string of the molecule is O=C(COC(=O)c1cccc(I)c1)Nc1cc([N+](=O)[O-])ccc1F. The number of hydrogen-bond acceptors (Lipinski definition) is 5. The summed E-state index contributed by atoms with van der Waals surface area (Å²) >= 11 is 2.02. The normalized spacial score (nSPS) is 10.1. The van der Waals surface area contributed by atoms with Crippen molar-refractivity contribution in [3.63, 3.8) is 0 Å². The van der Waals surface area contributed by atoms with E-state index in [1.165, 1.54) is 6.07 Å². The Morgan fingerprint density at radius 2 is 2.00 bits per heavy atom. The molecule has 0 radical (unpaired) electrons. The first-order valence-corrected chi connectivity index (χ1v) is 7.61. The predicted octanol–water partition coefficient (Wildman–Crippen LogP) is 3.13. The highest BCUT2D eigenvalue weighted by atomic mass is 127. The highest BCUT2D eigenvalue weighted by Crippen LogP contribution is 2.21. The van der Waals surface area contributed by atoms with Crippen LogP contribution in [0.5, 0.6) is 0 Å². The van der Waals surface area contributed by atoms with E-state index in [9.17, 15) is 24.1 Å². The monoisotopic (exact) mass is 444 g/mol. The molecule has 0 atom stereocenters. The van der Waals surface area contributed by atoms with E-state index in [1.807, 2.05) is 22.6 Å². The van der Waals surface area contributed by atoms with Gasteiger partial charge in [-0.25, -0.2) is 9.18 Å². The number of nitrogens with zero attached hydrogens (tertiary/aromatic N) is 1. The predicted molar refractivity (Wildman–Crippen MR) is 91.1 cm³/mol. The summed E-state index contributed by atoms with van der Waals surface area (Å²) in [7, 11) is 0. The van der Waals surface area contributed by atoms with Gasteiger partial charge in [-0.2, -0.15) is 0 Å². The van der Waals surface area contributed by atoms with Gasteiger partial charge in [0, 0.05) is 15.7 Å². The summed E-state index contributed by atoms with van der Waals surface area (Å²) in [6, 6.07) is 9.29. The summed E-state index contributed by atoms with van der Waals surface area (Å²) in [4.78, 5) is 33.5. The van der Waals surface area contributed by atoms with Gasteiger partial charge in [-0.3, -0.25) is 14.9 Å². The van der Waals surface area contributed by atoms with Gasteiger partial charge in [-0.15, -0.1) is 0 Å². The number of non-ortho nitro benzene ring substituents is 1. The van der Waals surface area contributed by atoms with Crippen molar-refractivity contribution in [3.05, 3.63) is 67.5 Å². The minimum Gasteiger partial charge on any atom is -0.452 e. The summed E-state index contributed by atoms with van der Waals surface area (Å²) < 4.78 is 19.2. The molecular weight excluding hydrogens is 434 g/mol. The van der Waals surface area contributed by atoms with E-state index < -0.39 is 29.2 Å². The first-order valence-electron chi connectivity index (χ1n) is 6.53. The maximum atomic E-state index is 13.6. The zero-order valence-corrected chi connectivity index (χ0v) is 14.2. The highest BCUT2D eigenvalue weighted by Gasteiger charge is 2.15. The Morgan fingerprint density at radius 3 is 2.67 bits per heavy atom. The molecule has 2 aromatic rings. The van der Waals surface area contributed by atoms with Gasteiger partial charge >= 0.3 is 5.97 Å². The number of benzene rings is 2. The van der Waals surface area contributed by atoms with Crippen LogP contribution in [-0.2, 0) is 9.53 Å². The quantitative estimate of drug-likeness (QED) is 0.331. The number of anilines is 1. The second kappa shape index (κ2) is 7.81. The fourth-order valence-electron chi connectivity index (χ4n) is 1.74. The minimum absolute atomic E-state index is 0.274. The Kier molecular flexibility index (Phi) is 5.79. The number of carbonyl (C=O) groups excluding carboxylic acids is 2. The molecule has 0 saturated heterocycles. The van der Waals surface area contributed by atoms with Crippen LogP contribution >= 0.6 is 22.6 Å². The molecule has 24 heavy (non-hydrogen) atoms. The smallest absolute Gasteiger partial charge is 0.338 e. The fourth-order valence-corrected chi connectivity index (χ4v) is 2.28. The third-order valence-electron chi connectivity index (χ3n) is 2.83. The van der Waals surface area contributed by atoms with Gasteiger partial charge in [0.1, 0.15) is 5.82 Å². The van der Waals surface area contributed by atoms with E-state index in [-0.39, 0.29) is 16.9 Å². The Morgan fingerprint density at radius 1 is 1.25 bits per heavy atom. The molecule has 0 fully saturated rings. The lowest BCUT2D eigenvalue weighted by atomic mass is 10.2. The number of amides is 1. The second-order valence-electron chi connectivity index (χ2n) is 4.56. The van der Waals surface area contributed by atoms with Crippen molar-refractivity contribution >= 4 is 45.8 Å². The zero-order valence-electron chi connectivity index (χ0n) is 12.0. The standard InChI is InChI=1S/C15H10FIN2O5/c16-12-5-4-11(19(22)23)7-13(12)18-14(20)8-24-15(21)9-2-1-3-10(17)6-9/h1-7H,8H2,(H,18,20). The average Bonchev–Trinajstić information content (AvgIpc) is 2.54. The molecule has 1 amide bonds. The lowest BCUT2D eigenvalue weighted by Crippen LogP contribution is -2.21. The molecule has 124 valence electrons. The first kappa shape index (κ1) is 17.8. The van der Waals surface area contributed by atoms with Crippen molar-refractivity contribution in [2.75, 3.05) is 11.9 Å². The van der Waals surface area contributed by atoms with Crippen LogP contribution in [0.25, 0.3) is 0 Å². The molecule has 0 aliphatic rings. The topological polar surface area (TPSA) is 98.5 Å². The maximum absolute atomic E-state index is 13.6. The number of ether oxygens (including phenoxy) is 1. The lowest BCUT2D eigenvalue weighted by Gasteiger charge is -2.07. The van der Waals surface area contributed by atoms with Crippen LogP contribution in [0.4, 0.5) is 15.8 Å². The minimum atomic E-state index is -0.835. The van der Waals surface area contributed by atoms with Crippen LogP contribution in [0.3, 0.4) is 0 Å². The van der Waals surface area contributed by atoms with Crippen LogP contribution in [0, 0.1) is 19.5 Å². The summed E-state index contributed by atoms with van der Waals surface area (Å²) in [5.41, 5.74) is -0.460. The summed E-state index contributed by atoms with van der Waals surface area (Å²) in [6.07, 6.45) is 0. The fraction of sp³-hybridized carbons (Fsp3) is 0.0667. The molecule has 0 aliphatic heterocycles. The van der Waals surface area contributed by atoms with Crippen LogP contribution in [0.15, 0.2) is 42.5 Å². The number of hydrogen-bond donors (Lipinski definition) is 1. The van der Waals surface area contributed by atoms with Crippen LogP contribution in [0.2, 0.25) is 0 Å². The number of nitro benzene ring substituents is 1. The van der Waals surface area contributed by atoms with Crippen molar-refractivity contribution in [1.82, 2.24) is 0 Å². The largest absolute Gasteiger partial charge is 0.452 e. The molecular formula is C15H10FIN2O5. The number of halogens is 2. The maximum Gasteiger partial charge on any atom is 0.338 e.